The summed E-state index contributed by atoms with van der Waals surface area (Å²) in [6, 6.07) is 27.2. The Balaban J connectivity index is 1.59. The Kier molecular flexibility index (Phi) is 5.81. The van der Waals surface area contributed by atoms with Gasteiger partial charge in [-0.2, -0.15) is 0 Å². The summed E-state index contributed by atoms with van der Waals surface area (Å²) in [6.45, 7) is 2.13. The predicted molar refractivity (Wildman–Crippen MR) is 131 cm³/mol. The van der Waals surface area contributed by atoms with Crippen molar-refractivity contribution in [3.63, 3.8) is 0 Å². The van der Waals surface area contributed by atoms with Crippen LogP contribution in [0.1, 0.15) is 48.3 Å². The van der Waals surface area contributed by atoms with Gasteiger partial charge in [0.2, 0.25) is 0 Å². The van der Waals surface area contributed by atoms with Gasteiger partial charge in [0.25, 0.3) is 5.69 Å². The van der Waals surface area contributed by atoms with Crippen LogP contribution in [0.25, 0.3) is 0 Å². The summed E-state index contributed by atoms with van der Waals surface area (Å²) in [5.74, 6) is 1.78. The molecule has 0 heterocycles. The largest absolute Gasteiger partial charge is 0.269 e. The van der Waals surface area contributed by atoms with Crippen molar-refractivity contribution in [2.75, 3.05) is 0 Å². The van der Waals surface area contributed by atoms with Crippen molar-refractivity contribution in [1.82, 2.24) is 0 Å². The van der Waals surface area contributed by atoms with Crippen LogP contribution in [0.15, 0.2) is 83.8 Å². The molecule has 0 unspecified atom stereocenters. The number of benzene rings is 3. The first-order valence-electron chi connectivity index (χ1n) is 11.6. The third-order valence-corrected chi connectivity index (χ3v) is 8.95. The quantitative estimate of drug-likeness (QED) is 0.291. The smallest absolute Gasteiger partial charge is 0.258 e. The first-order valence-corrected chi connectivity index (χ1v) is 12.4. The molecule has 0 amide bonds. The highest BCUT2D eigenvalue weighted by molar-refractivity contribution is 8.00. The van der Waals surface area contributed by atoms with Crippen molar-refractivity contribution in [3.8, 4) is 0 Å². The fourth-order valence-corrected chi connectivity index (χ4v) is 7.89. The zero-order valence-corrected chi connectivity index (χ0v) is 19.3. The molecule has 3 nitrogen and oxygen atoms in total. The van der Waals surface area contributed by atoms with E-state index in [9.17, 15) is 10.1 Å². The second-order valence-corrected chi connectivity index (χ2v) is 11.0. The molecule has 0 N–H and O–H groups in total. The lowest BCUT2D eigenvalue weighted by Crippen LogP contribution is -2.33. The minimum atomic E-state index is -0.297. The Morgan fingerprint density at radius 2 is 1.69 bits per heavy atom. The second-order valence-electron chi connectivity index (χ2n) is 9.53. The Morgan fingerprint density at radius 1 is 0.969 bits per heavy atom. The Morgan fingerprint density at radius 3 is 2.38 bits per heavy atom. The summed E-state index contributed by atoms with van der Waals surface area (Å²) >= 11 is 2.04. The van der Waals surface area contributed by atoms with Gasteiger partial charge in [-0.3, -0.25) is 10.1 Å². The van der Waals surface area contributed by atoms with Crippen LogP contribution in [0.3, 0.4) is 0 Å². The van der Waals surface area contributed by atoms with E-state index in [0.717, 1.165) is 12.3 Å². The standard InChI is InChI=1S/C28H29NO2S/c1-20-10-16-25(17-11-20)32-28(18-21-6-3-2-4-7-21)19-23-8-5-9-26(23)27(28)22-12-14-24(15-13-22)29(30)31/h2-4,6-7,10-17,23,26-27H,5,8-9,18-19H2,1H3/t23-,26-,27+,28+/m1/s1. The van der Waals surface area contributed by atoms with Crippen LogP contribution in [0.5, 0.6) is 0 Å². The fourth-order valence-electron chi connectivity index (χ4n) is 6.18. The van der Waals surface area contributed by atoms with Gasteiger partial charge in [-0.25, -0.2) is 0 Å². The maximum absolute atomic E-state index is 11.3. The molecule has 0 radical (unpaired) electrons. The lowest BCUT2D eigenvalue weighted by atomic mass is 9.79. The fraction of sp³-hybridized carbons (Fsp3) is 0.357. The van der Waals surface area contributed by atoms with Gasteiger partial charge in [0.1, 0.15) is 0 Å². The number of rotatable bonds is 6. The summed E-state index contributed by atoms with van der Waals surface area (Å²) in [5.41, 5.74) is 4.09. The van der Waals surface area contributed by atoms with E-state index in [-0.39, 0.29) is 15.4 Å². The Bertz CT molecular complexity index is 1080. The van der Waals surface area contributed by atoms with Crippen molar-refractivity contribution in [1.29, 1.82) is 0 Å². The Hall–Kier alpha value is -2.59. The molecular weight excluding hydrogens is 414 g/mol. The van der Waals surface area contributed by atoms with Gasteiger partial charge >= 0.3 is 0 Å². The summed E-state index contributed by atoms with van der Waals surface area (Å²) < 4.78 is 0.0441. The summed E-state index contributed by atoms with van der Waals surface area (Å²) in [7, 11) is 0. The van der Waals surface area contributed by atoms with E-state index in [1.807, 2.05) is 23.9 Å². The molecule has 2 saturated carbocycles. The molecule has 164 valence electrons. The summed E-state index contributed by atoms with van der Waals surface area (Å²) in [4.78, 5) is 12.3. The number of non-ortho nitro benzene ring substituents is 1. The number of hydrogen-bond acceptors (Lipinski definition) is 3. The average molecular weight is 444 g/mol. The number of hydrogen-bond donors (Lipinski definition) is 0. The van der Waals surface area contributed by atoms with E-state index in [2.05, 4.69) is 61.5 Å². The number of nitrogens with zero attached hydrogens (tertiary/aromatic N) is 1. The molecular formula is C28H29NO2S. The van der Waals surface area contributed by atoms with Gasteiger partial charge in [0.05, 0.1) is 4.92 Å². The molecule has 0 bridgehead atoms. The van der Waals surface area contributed by atoms with Crippen molar-refractivity contribution in [3.05, 3.63) is 106 Å². The van der Waals surface area contributed by atoms with Gasteiger partial charge < -0.3 is 0 Å². The maximum atomic E-state index is 11.3. The van der Waals surface area contributed by atoms with Gasteiger partial charge in [-0.1, -0.05) is 73.0 Å². The van der Waals surface area contributed by atoms with E-state index >= 15 is 0 Å². The number of nitro benzene ring substituents is 1. The number of nitro groups is 1. The second kappa shape index (κ2) is 8.74. The molecule has 0 saturated heterocycles. The SMILES string of the molecule is Cc1ccc(S[C@@]2(Cc3ccccc3)C[C@H]3CCC[C@H]3[C@@H]2c2ccc([N+](=O)[O-])cc2)cc1. The van der Waals surface area contributed by atoms with E-state index in [1.54, 1.807) is 12.1 Å². The highest BCUT2D eigenvalue weighted by atomic mass is 32.2. The Labute approximate surface area is 194 Å². The summed E-state index contributed by atoms with van der Waals surface area (Å²) in [6.07, 6.45) is 6.08. The van der Waals surface area contributed by atoms with E-state index in [4.69, 9.17) is 0 Å². The van der Waals surface area contributed by atoms with Gasteiger partial charge in [0, 0.05) is 27.7 Å². The molecule has 3 aromatic rings. The molecule has 0 spiro atoms. The molecule has 0 aliphatic heterocycles. The van der Waals surface area contributed by atoms with Crippen molar-refractivity contribution >= 4 is 17.4 Å². The molecule has 2 aliphatic carbocycles. The van der Waals surface area contributed by atoms with Crippen LogP contribution >= 0.6 is 11.8 Å². The van der Waals surface area contributed by atoms with Crippen LogP contribution in [-0.4, -0.2) is 9.67 Å². The normalized spacial score (nSPS) is 26.7. The van der Waals surface area contributed by atoms with E-state index < -0.39 is 0 Å². The minimum absolute atomic E-state index is 0.0441. The zero-order chi connectivity index (χ0) is 22.1. The van der Waals surface area contributed by atoms with E-state index in [1.165, 1.54) is 47.3 Å². The molecule has 2 fully saturated rings. The highest BCUT2D eigenvalue weighted by Crippen LogP contribution is 2.64. The lowest BCUT2D eigenvalue weighted by molar-refractivity contribution is -0.384. The molecule has 3 aromatic carbocycles. The summed E-state index contributed by atoms with van der Waals surface area (Å²) in [5, 5.41) is 11.3. The van der Waals surface area contributed by atoms with Crippen LogP contribution in [-0.2, 0) is 6.42 Å². The van der Waals surface area contributed by atoms with Gasteiger partial charge in [-0.15, -0.1) is 11.8 Å². The lowest BCUT2D eigenvalue weighted by Gasteiger charge is -2.38. The van der Waals surface area contributed by atoms with Crippen LogP contribution in [0.2, 0.25) is 0 Å². The molecule has 4 heteroatoms. The first-order chi connectivity index (χ1) is 15.5. The first kappa shape index (κ1) is 21.3. The molecule has 4 atom stereocenters. The topological polar surface area (TPSA) is 43.1 Å². The van der Waals surface area contributed by atoms with Crippen LogP contribution in [0.4, 0.5) is 5.69 Å². The number of fused-ring (bicyclic) bond motifs is 1. The monoisotopic (exact) mass is 443 g/mol. The van der Waals surface area contributed by atoms with E-state index in [0.29, 0.717) is 11.8 Å². The molecule has 5 rings (SSSR count). The third-order valence-electron chi connectivity index (χ3n) is 7.47. The molecule has 32 heavy (non-hydrogen) atoms. The number of thioether (sulfide) groups is 1. The maximum Gasteiger partial charge on any atom is 0.269 e. The number of aryl methyl sites for hydroxylation is 1. The van der Waals surface area contributed by atoms with Crippen molar-refractivity contribution in [2.45, 2.75) is 54.6 Å². The van der Waals surface area contributed by atoms with Crippen molar-refractivity contribution < 1.29 is 4.92 Å². The average Bonchev–Trinajstić information content (AvgIpc) is 3.35. The zero-order valence-electron chi connectivity index (χ0n) is 18.4. The molecule has 0 aromatic heterocycles. The van der Waals surface area contributed by atoms with Crippen molar-refractivity contribution in [2.24, 2.45) is 11.8 Å². The van der Waals surface area contributed by atoms with Crippen LogP contribution in [0, 0.1) is 28.9 Å². The minimum Gasteiger partial charge on any atom is -0.258 e. The van der Waals surface area contributed by atoms with Gasteiger partial charge in [0.15, 0.2) is 0 Å². The van der Waals surface area contributed by atoms with Crippen LogP contribution < -0.4 is 0 Å². The predicted octanol–water partition coefficient (Wildman–Crippen LogP) is 7.58. The highest BCUT2D eigenvalue weighted by Gasteiger charge is 2.55. The third kappa shape index (κ3) is 4.09. The van der Waals surface area contributed by atoms with Gasteiger partial charge in [-0.05, 0) is 61.3 Å². The molecule has 2 aliphatic rings.